The molecular formula is C32H38F3N5O7. The summed E-state index contributed by atoms with van der Waals surface area (Å²) < 4.78 is 59.2. The zero-order chi connectivity index (χ0) is 34.1. The molecule has 254 valence electrons. The lowest BCUT2D eigenvalue weighted by Crippen LogP contribution is -2.62. The van der Waals surface area contributed by atoms with Crippen LogP contribution in [0.15, 0.2) is 36.4 Å². The fourth-order valence-corrected chi connectivity index (χ4v) is 5.59. The zero-order valence-corrected chi connectivity index (χ0v) is 26.5. The van der Waals surface area contributed by atoms with E-state index in [-0.39, 0.29) is 32.5 Å². The van der Waals surface area contributed by atoms with Crippen LogP contribution < -0.4 is 16.1 Å². The van der Waals surface area contributed by atoms with E-state index in [1.807, 2.05) is 12.1 Å². The van der Waals surface area contributed by atoms with Gasteiger partial charge in [0.2, 0.25) is 5.91 Å². The molecule has 0 aliphatic carbocycles. The number of esters is 1. The number of carbonyl (C=O) groups excluding carboxylic acids is 4. The average Bonchev–Trinajstić information content (AvgIpc) is 3.04. The average molecular weight is 662 g/mol. The lowest BCUT2D eigenvalue weighted by molar-refractivity contribution is -0.248. The predicted octanol–water partition coefficient (Wildman–Crippen LogP) is 2.93. The smallest absolute Gasteiger partial charge is 0.398 e. The molecule has 2 saturated heterocycles. The molecule has 15 heteroatoms. The first-order chi connectivity index (χ1) is 22.1. The van der Waals surface area contributed by atoms with Crippen molar-refractivity contribution in [3.63, 3.8) is 0 Å². The summed E-state index contributed by atoms with van der Waals surface area (Å²) in [7, 11) is 0. The Morgan fingerprint density at radius 3 is 2.34 bits per heavy atom. The number of cyclic esters (lactones) is 1. The Morgan fingerprint density at radius 1 is 0.957 bits per heavy atom. The number of carbonyl (C=O) groups is 4. The summed E-state index contributed by atoms with van der Waals surface area (Å²) in [5.74, 6) is -3.56. The van der Waals surface area contributed by atoms with Gasteiger partial charge >= 0.3 is 12.1 Å². The number of rotatable bonds is 1. The van der Waals surface area contributed by atoms with Gasteiger partial charge in [0.05, 0.1) is 30.5 Å². The lowest BCUT2D eigenvalue weighted by atomic mass is 9.83. The van der Waals surface area contributed by atoms with E-state index in [0.717, 1.165) is 24.2 Å². The van der Waals surface area contributed by atoms with Crippen molar-refractivity contribution in [1.29, 1.82) is 0 Å². The summed E-state index contributed by atoms with van der Waals surface area (Å²) in [5, 5.41) is 7.19. The maximum Gasteiger partial charge on any atom is 0.398 e. The Morgan fingerprint density at radius 2 is 1.64 bits per heavy atom. The van der Waals surface area contributed by atoms with Crippen LogP contribution in [0.4, 0.5) is 13.2 Å². The highest BCUT2D eigenvalue weighted by Crippen LogP contribution is 2.43. The molecule has 4 heterocycles. The molecule has 0 saturated carbocycles. The standard InChI is InChI=1S/C32H38F3N5O7/c1-18-22-10-9-21-8-7-20(14-24(21)38-22)11-12-31(15-45-17-46-16-31)29(44)47-25(30(3,4)32(33,34)35)27(42)37-19(2)28(43)40-13-5-6-23(39-40)26(41)36-18/h7-12,14,18-19,23,25,39H,5-6,13,15-17H2,1-4H3,(H,36,41)(H,37,42)/b12-11+/t18-,19+,23+,25-/m1/s1. The van der Waals surface area contributed by atoms with Crippen LogP contribution in [0.5, 0.6) is 0 Å². The Hall–Kier alpha value is -4.08. The van der Waals surface area contributed by atoms with Crippen LogP contribution in [0.25, 0.3) is 17.0 Å². The topological polar surface area (TPSA) is 148 Å². The number of hydrogen-bond donors (Lipinski definition) is 3. The maximum atomic E-state index is 14.3. The Labute approximate surface area is 269 Å². The number of hydrogen-bond acceptors (Lipinski definition) is 9. The van der Waals surface area contributed by atoms with Crippen LogP contribution in [-0.4, -0.2) is 84.6 Å². The van der Waals surface area contributed by atoms with Gasteiger partial charge in [0.15, 0.2) is 6.10 Å². The Kier molecular flexibility index (Phi) is 9.62. The second-order valence-corrected chi connectivity index (χ2v) is 12.8. The molecule has 1 aromatic carbocycles. The second kappa shape index (κ2) is 13.2. The van der Waals surface area contributed by atoms with E-state index < -0.39 is 59.0 Å². The molecule has 3 aliphatic heterocycles. The molecule has 1 aromatic heterocycles. The molecule has 2 fully saturated rings. The fourth-order valence-electron chi connectivity index (χ4n) is 5.59. The largest absolute Gasteiger partial charge is 0.451 e. The Balaban J connectivity index is 1.58. The molecule has 2 aromatic rings. The number of fused-ring (bicyclic) bond motifs is 4. The third-order valence-electron chi connectivity index (χ3n) is 8.77. The summed E-state index contributed by atoms with van der Waals surface area (Å²) in [4.78, 5) is 58.6. The first-order valence-electron chi connectivity index (χ1n) is 15.3. The molecule has 5 bridgehead atoms. The number of amides is 3. The highest BCUT2D eigenvalue weighted by Gasteiger charge is 2.58. The number of hydrazine groups is 1. The molecule has 0 unspecified atom stereocenters. The van der Waals surface area contributed by atoms with E-state index in [1.54, 1.807) is 31.2 Å². The van der Waals surface area contributed by atoms with E-state index in [9.17, 15) is 32.3 Å². The lowest BCUT2D eigenvalue weighted by Gasteiger charge is -2.39. The summed E-state index contributed by atoms with van der Waals surface area (Å²) in [6, 6.07) is 6.37. The fraction of sp³-hybridized carbons (Fsp3) is 0.531. The number of aromatic nitrogens is 1. The van der Waals surface area contributed by atoms with Gasteiger partial charge in [-0.2, -0.15) is 13.2 Å². The molecule has 4 atom stereocenters. The maximum absolute atomic E-state index is 14.3. The molecule has 1 spiro atoms. The number of pyridine rings is 1. The van der Waals surface area contributed by atoms with Crippen LogP contribution >= 0.6 is 0 Å². The van der Waals surface area contributed by atoms with Gasteiger partial charge in [0.1, 0.15) is 29.7 Å². The quantitative estimate of drug-likeness (QED) is 0.393. The van der Waals surface area contributed by atoms with Gasteiger partial charge < -0.3 is 24.8 Å². The molecule has 3 N–H and O–H groups in total. The minimum absolute atomic E-state index is 0.150. The zero-order valence-electron chi connectivity index (χ0n) is 26.5. The van der Waals surface area contributed by atoms with Gasteiger partial charge in [-0.05, 0) is 58.2 Å². The number of nitrogens with one attached hydrogen (secondary N) is 3. The van der Waals surface area contributed by atoms with Crippen molar-refractivity contribution in [3.05, 3.63) is 47.7 Å². The van der Waals surface area contributed by atoms with Crippen molar-refractivity contribution in [3.8, 4) is 0 Å². The van der Waals surface area contributed by atoms with Crippen LogP contribution in [0, 0.1) is 10.8 Å². The van der Waals surface area contributed by atoms with Gasteiger partial charge in [-0.1, -0.05) is 30.4 Å². The molecule has 12 nitrogen and oxygen atoms in total. The second-order valence-electron chi connectivity index (χ2n) is 12.8. The third kappa shape index (κ3) is 7.11. The summed E-state index contributed by atoms with van der Waals surface area (Å²) in [5.41, 5.74) is 0.0914. The van der Waals surface area contributed by atoms with E-state index in [4.69, 9.17) is 19.2 Å². The van der Waals surface area contributed by atoms with Gasteiger partial charge in [-0.15, -0.1) is 0 Å². The van der Waals surface area contributed by atoms with Crippen molar-refractivity contribution in [1.82, 2.24) is 26.1 Å². The van der Waals surface area contributed by atoms with Gasteiger partial charge in [-0.3, -0.25) is 29.2 Å². The van der Waals surface area contributed by atoms with Crippen molar-refractivity contribution in [2.45, 2.75) is 70.9 Å². The van der Waals surface area contributed by atoms with Crippen LogP contribution in [0.2, 0.25) is 0 Å². The molecule has 3 amide bonds. The third-order valence-corrected chi connectivity index (χ3v) is 8.77. The van der Waals surface area contributed by atoms with Crippen LogP contribution in [-0.2, 0) is 33.4 Å². The molecule has 0 radical (unpaired) electrons. The highest BCUT2D eigenvalue weighted by molar-refractivity contribution is 5.92. The monoisotopic (exact) mass is 661 g/mol. The molecular weight excluding hydrogens is 623 g/mol. The normalized spacial score (nSPS) is 27.3. The van der Waals surface area contributed by atoms with Gasteiger partial charge in [-0.25, -0.2) is 5.43 Å². The van der Waals surface area contributed by atoms with Crippen molar-refractivity contribution in [2.24, 2.45) is 10.8 Å². The Bertz CT molecular complexity index is 1570. The number of alkyl halides is 3. The van der Waals surface area contributed by atoms with Crippen molar-refractivity contribution < 1.29 is 46.6 Å². The van der Waals surface area contributed by atoms with E-state index in [0.29, 0.717) is 29.6 Å². The number of nitrogens with zero attached hydrogens (tertiary/aromatic N) is 2. The van der Waals surface area contributed by atoms with E-state index >= 15 is 0 Å². The molecule has 47 heavy (non-hydrogen) atoms. The predicted molar refractivity (Wildman–Crippen MR) is 162 cm³/mol. The minimum atomic E-state index is -4.99. The minimum Gasteiger partial charge on any atom is -0.451 e. The SMILES string of the molecule is C[C@@H]1NC(=O)[C@H](C(C)(C)C(F)(F)F)OC(=O)C2(/C=C/c3ccc4ccc(nc4c3)[C@@H](C)NC(=O)[C@@H]3CCCN(N3)C1=O)COCOC2. The number of ether oxygens (including phenoxy) is 3. The summed E-state index contributed by atoms with van der Waals surface area (Å²) >= 11 is 0. The molecule has 5 rings (SSSR count). The van der Waals surface area contributed by atoms with Crippen molar-refractivity contribution in [2.75, 3.05) is 26.6 Å². The van der Waals surface area contributed by atoms with Crippen LogP contribution in [0.3, 0.4) is 0 Å². The van der Waals surface area contributed by atoms with Gasteiger partial charge in [0, 0.05) is 11.9 Å². The summed E-state index contributed by atoms with van der Waals surface area (Å²) in [6.45, 7) is 4.03. The van der Waals surface area contributed by atoms with Gasteiger partial charge in [0.25, 0.3) is 11.8 Å². The highest BCUT2D eigenvalue weighted by atomic mass is 19.4. The van der Waals surface area contributed by atoms with E-state index in [2.05, 4.69) is 16.1 Å². The van der Waals surface area contributed by atoms with Crippen molar-refractivity contribution >= 4 is 40.7 Å². The van der Waals surface area contributed by atoms with E-state index in [1.165, 1.54) is 13.0 Å². The number of benzene rings is 1. The van der Waals surface area contributed by atoms with Crippen LogP contribution in [0.1, 0.15) is 57.8 Å². The molecule has 3 aliphatic rings. The first-order valence-corrected chi connectivity index (χ1v) is 15.3. The number of halogens is 3. The summed E-state index contributed by atoms with van der Waals surface area (Å²) in [6.07, 6.45) is -3.51. The first kappa shape index (κ1) is 34.3.